The van der Waals surface area contributed by atoms with Gasteiger partial charge >= 0.3 is 5.97 Å². The molecule has 0 atom stereocenters. The first kappa shape index (κ1) is 18.0. The highest BCUT2D eigenvalue weighted by Gasteiger charge is 2.25. The Labute approximate surface area is 128 Å². The predicted molar refractivity (Wildman–Crippen MR) is 84.1 cm³/mol. The number of hydrogen-bond donors (Lipinski definition) is 2. The minimum atomic E-state index is -0.666. The van der Waals surface area contributed by atoms with Crippen molar-refractivity contribution in [1.29, 1.82) is 0 Å². The summed E-state index contributed by atoms with van der Waals surface area (Å²) in [5.74, 6) is -0.208. The largest absolute Gasteiger partial charge is 0.481 e. The van der Waals surface area contributed by atoms with E-state index in [2.05, 4.69) is 12.2 Å². The molecule has 0 aromatic rings. The van der Waals surface area contributed by atoms with Gasteiger partial charge in [-0.3, -0.25) is 9.59 Å². The Morgan fingerprint density at radius 1 is 1.00 bits per heavy atom. The van der Waals surface area contributed by atoms with E-state index in [1.165, 1.54) is 25.7 Å². The molecule has 0 aromatic carbocycles. The molecule has 1 amide bonds. The van der Waals surface area contributed by atoms with Crippen molar-refractivity contribution in [2.75, 3.05) is 6.54 Å². The molecule has 21 heavy (non-hydrogen) atoms. The molecule has 4 nitrogen and oxygen atoms in total. The van der Waals surface area contributed by atoms with Crippen molar-refractivity contribution < 1.29 is 14.7 Å². The van der Waals surface area contributed by atoms with E-state index in [1.807, 2.05) is 0 Å². The van der Waals surface area contributed by atoms with Gasteiger partial charge < -0.3 is 10.4 Å². The summed E-state index contributed by atoms with van der Waals surface area (Å²) < 4.78 is 0. The van der Waals surface area contributed by atoms with Gasteiger partial charge in [0.15, 0.2) is 0 Å². The smallest absolute Gasteiger partial charge is 0.306 e. The SMILES string of the molecule is CCCCCCCCC(=O)NCC1CCC(C(=O)O)CC1. The van der Waals surface area contributed by atoms with E-state index in [0.717, 1.165) is 45.1 Å². The fourth-order valence-corrected chi connectivity index (χ4v) is 3.03. The Hall–Kier alpha value is -1.06. The van der Waals surface area contributed by atoms with Crippen LogP contribution in [0.2, 0.25) is 0 Å². The molecule has 4 heteroatoms. The van der Waals surface area contributed by atoms with Crippen molar-refractivity contribution >= 4 is 11.9 Å². The first-order chi connectivity index (χ1) is 10.1. The molecule has 0 bridgehead atoms. The first-order valence-electron chi connectivity index (χ1n) is 8.63. The van der Waals surface area contributed by atoms with Crippen LogP contribution in [0.5, 0.6) is 0 Å². The number of carbonyl (C=O) groups excluding carboxylic acids is 1. The van der Waals surface area contributed by atoms with Crippen molar-refractivity contribution in [3.63, 3.8) is 0 Å². The van der Waals surface area contributed by atoms with E-state index in [1.54, 1.807) is 0 Å². The maximum absolute atomic E-state index is 11.7. The van der Waals surface area contributed by atoms with Crippen molar-refractivity contribution in [1.82, 2.24) is 5.32 Å². The van der Waals surface area contributed by atoms with Gasteiger partial charge in [-0.05, 0) is 38.0 Å². The van der Waals surface area contributed by atoms with Crippen LogP contribution in [0.4, 0.5) is 0 Å². The lowest BCUT2D eigenvalue weighted by atomic mass is 9.82. The van der Waals surface area contributed by atoms with Gasteiger partial charge in [0.1, 0.15) is 0 Å². The second kappa shape index (κ2) is 10.6. The van der Waals surface area contributed by atoms with E-state index in [9.17, 15) is 9.59 Å². The third-order valence-corrected chi connectivity index (χ3v) is 4.54. The molecule has 0 spiro atoms. The standard InChI is InChI=1S/C17H31NO3/c1-2-3-4-5-6-7-8-16(19)18-13-14-9-11-15(12-10-14)17(20)21/h14-15H,2-13H2,1H3,(H,18,19)(H,20,21). The second-order valence-corrected chi connectivity index (χ2v) is 6.38. The van der Waals surface area contributed by atoms with Crippen LogP contribution < -0.4 is 5.32 Å². The van der Waals surface area contributed by atoms with Crippen molar-refractivity contribution in [3.05, 3.63) is 0 Å². The predicted octanol–water partition coefficient (Wildman–Crippen LogP) is 3.74. The van der Waals surface area contributed by atoms with Crippen LogP contribution in [0.1, 0.15) is 77.6 Å². The van der Waals surface area contributed by atoms with E-state index in [4.69, 9.17) is 5.11 Å². The zero-order chi connectivity index (χ0) is 15.5. The van der Waals surface area contributed by atoms with Crippen LogP contribution in [0, 0.1) is 11.8 Å². The maximum Gasteiger partial charge on any atom is 0.306 e. The van der Waals surface area contributed by atoms with Crippen LogP contribution in [-0.2, 0) is 9.59 Å². The minimum Gasteiger partial charge on any atom is -0.481 e. The second-order valence-electron chi connectivity index (χ2n) is 6.38. The van der Waals surface area contributed by atoms with E-state index in [-0.39, 0.29) is 11.8 Å². The molecule has 1 aliphatic rings. The number of rotatable bonds is 10. The highest BCUT2D eigenvalue weighted by atomic mass is 16.4. The normalized spacial score (nSPS) is 22.0. The van der Waals surface area contributed by atoms with E-state index >= 15 is 0 Å². The van der Waals surface area contributed by atoms with Gasteiger partial charge in [-0.1, -0.05) is 39.0 Å². The highest BCUT2D eigenvalue weighted by Crippen LogP contribution is 2.28. The molecule has 1 rings (SSSR count). The summed E-state index contributed by atoms with van der Waals surface area (Å²) >= 11 is 0. The fraction of sp³-hybridized carbons (Fsp3) is 0.882. The summed E-state index contributed by atoms with van der Waals surface area (Å²) in [7, 11) is 0. The molecule has 122 valence electrons. The van der Waals surface area contributed by atoms with Gasteiger partial charge in [-0.25, -0.2) is 0 Å². The van der Waals surface area contributed by atoms with Gasteiger partial charge in [0, 0.05) is 13.0 Å². The average molecular weight is 297 g/mol. The van der Waals surface area contributed by atoms with Gasteiger partial charge in [-0.15, -0.1) is 0 Å². The number of nitrogens with one attached hydrogen (secondary N) is 1. The molecule has 0 heterocycles. The fourth-order valence-electron chi connectivity index (χ4n) is 3.03. The Kier molecular flexibility index (Phi) is 9.11. The molecule has 0 aliphatic heterocycles. The molecular formula is C17H31NO3. The van der Waals surface area contributed by atoms with Gasteiger partial charge in [0.2, 0.25) is 5.91 Å². The molecule has 0 radical (unpaired) electrons. The lowest BCUT2D eigenvalue weighted by Gasteiger charge is -2.26. The lowest BCUT2D eigenvalue weighted by Crippen LogP contribution is -2.32. The molecule has 1 fully saturated rings. The van der Waals surface area contributed by atoms with E-state index in [0.29, 0.717) is 12.3 Å². The quantitative estimate of drug-likeness (QED) is 0.604. The van der Waals surface area contributed by atoms with Crippen LogP contribution in [0.3, 0.4) is 0 Å². The summed E-state index contributed by atoms with van der Waals surface area (Å²) in [4.78, 5) is 22.6. The monoisotopic (exact) mass is 297 g/mol. The molecule has 0 unspecified atom stereocenters. The van der Waals surface area contributed by atoms with Crippen molar-refractivity contribution in [2.45, 2.75) is 77.6 Å². The molecule has 2 N–H and O–H groups in total. The van der Waals surface area contributed by atoms with Crippen LogP contribution in [-0.4, -0.2) is 23.5 Å². The summed E-state index contributed by atoms with van der Waals surface area (Å²) in [6.45, 7) is 2.93. The summed E-state index contributed by atoms with van der Waals surface area (Å²) in [6.07, 6.45) is 11.2. The van der Waals surface area contributed by atoms with Gasteiger partial charge in [0.05, 0.1) is 5.92 Å². The maximum atomic E-state index is 11.7. The molecule has 1 aliphatic carbocycles. The highest BCUT2D eigenvalue weighted by molar-refractivity contribution is 5.75. The molecule has 1 saturated carbocycles. The summed E-state index contributed by atoms with van der Waals surface area (Å²) in [5.41, 5.74) is 0. The number of aliphatic carboxylic acids is 1. The number of carboxylic acids is 1. The Balaban J connectivity index is 1.99. The zero-order valence-corrected chi connectivity index (χ0v) is 13.4. The number of amides is 1. The number of hydrogen-bond acceptors (Lipinski definition) is 2. The minimum absolute atomic E-state index is 0.158. The Bertz CT molecular complexity index is 309. The zero-order valence-electron chi connectivity index (χ0n) is 13.4. The summed E-state index contributed by atoms with van der Waals surface area (Å²) in [6, 6.07) is 0. The van der Waals surface area contributed by atoms with Gasteiger partial charge in [-0.2, -0.15) is 0 Å². The topological polar surface area (TPSA) is 66.4 Å². The first-order valence-corrected chi connectivity index (χ1v) is 8.63. The summed E-state index contributed by atoms with van der Waals surface area (Å²) in [5, 5.41) is 12.0. The molecular weight excluding hydrogens is 266 g/mol. The number of carboxylic acid groups (broad SMARTS) is 1. The van der Waals surface area contributed by atoms with Crippen molar-refractivity contribution in [2.24, 2.45) is 11.8 Å². The van der Waals surface area contributed by atoms with Crippen LogP contribution >= 0.6 is 0 Å². The number of carbonyl (C=O) groups is 2. The molecule has 0 aromatic heterocycles. The third kappa shape index (κ3) is 8.08. The van der Waals surface area contributed by atoms with Crippen LogP contribution in [0.15, 0.2) is 0 Å². The molecule has 0 saturated heterocycles. The lowest BCUT2D eigenvalue weighted by molar-refractivity contribution is -0.143. The third-order valence-electron chi connectivity index (χ3n) is 4.54. The average Bonchev–Trinajstić information content (AvgIpc) is 2.49. The Morgan fingerprint density at radius 3 is 2.24 bits per heavy atom. The van der Waals surface area contributed by atoms with E-state index < -0.39 is 5.97 Å². The Morgan fingerprint density at radius 2 is 1.62 bits per heavy atom. The number of unbranched alkanes of at least 4 members (excludes halogenated alkanes) is 5. The van der Waals surface area contributed by atoms with Crippen molar-refractivity contribution in [3.8, 4) is 0 Å². The van der Waals surface area contributed by atoms with Crippen LogP contribution in [0.25, 0.3) is 0 Å². The van der Waals surface area contributed by atoms with Gasteiger partial charge in [0.25, 0.3) is 0 Å².